The lowest BCUT2D eigenvalue weighted by molar-refractivity contribution is -0.384. The molecule has 8 nitrogen and oxygen atoms in total. The summed E-state index contributed by atoms with van der Waals surface area (Å²) < 4.78 is 4.99. The van der Waals surface area contributed by atoms with Gasteiger partial charge in [0.05, 0.1) is 11.2 Å². The third-order valence-electron chi connectivity index (χ3n) is 3.06. The Bertz CT molecular complexity index is 807. The summed E-state index contributed by atoms with van der Waals surface area (Å²) in [6.07, 6.45) is 4.24. The van der Waals surface area contributed by atoms with Crippen LogP contribution in [-0.4, -0.2) is 23.3 Å². The molecule has 2 N–H and O–H groups in total. The average molecular weight is 341 g/mol. The zero-order chi connectivity index (χ0) is 18.2. The Balaban J connectivity index is 2.26. The van der Waals surface area contributed by atoms with Gasteiger partial charge in [0.1, 0.15) is 5.70 Å². The molecule has 1 aromatic heterocycles. The lowest BCUT2D eigenvalue weighted by Crippen LogP contribution is -2.34. The van der Waals surface area contributed by atoms with E-state index in [9.17, 15) is 19.7 Å². The van der Waals surface area contributed by atoms with E-state index in [1.165, 1.54) is 48.7 Å². The van der Waals surface area contributed by atoms with Gasteiger partial charge in [-0.05, 0) is 35.9 Å². The number of rotatable bonds is 7. The van der Waals surface area contributed by atoms with Crippen LogP contribution in [0.4, 0.5) is 5.69 Å². The molecule has 0 aliphatic heterocycles. The zero-order valence-corrected chi connectivity index (χ0v) is 13.1. The molecule has 2 amide bonds. The van der Waals surface area contributed by atoms with Crippen molar-refractivity contribution in [3.63, 3.8) is 0 Å². The fraction of sp³-hybridized carbons (Fsp3) is 0.0588. The van der Waals surface area contributed by atoms with E-state index in [-0.39, 0.29) is 23.7 Å². The van der Waals surface area contributed by atoms with Gasteiger partial charge in [-0.15, -0.1) is 6.58 Å². The monoisotopic (exact) mass is 341 g/mol. The van der Waals surface area contributed by atoms with Gasteiger partial charge in [0, 0.05) is 18.7 Å². The number of nitro groups is 1. The first-order chi connectivity index (χ1) is 12.0. The van der Waals surface area contributed by atoms with Crippen LogP contribution in [0.1, 0.15) is 16.1 Å². The number of carbonyl (C=O) groups excluding carboxylic acids is 2. The van der Waals surface area contributed by atoms with Gasteiger partial charge in [-0.2, -0.15) is 0 Å². The maximum absolute atomic E-state index is 12.2. The first-order valence-corrected chi connectivity index (χ1v) is 7.21. The molecule has 128 valence electrons. The first-order valence-electron chi connectivity index (χ1n) is 7.21. The van der Waals surface area contributed by atoms with Crippen LogP contribution < -0.4 is 10.6 Å². The molecule has 0 aliphatic carbocycles. The lowest BCUT2D eigenvalue weighted by atomic mass is 10.1. The molecule has 2 rings (SSSR count). The number of hydrogen-bond acceptors (Lipinski definition) is 5. The number of non-ortho nitro benzene ring substituents is 1. The number of carbonyl (C=O) groups is 2. The number of nitrogens with one attached hydrogen (secondary N) is 2. The quantitative estimate of drug-likeness (QED) is 0.347. The second-order valence-electron chi connectivity index (χ2n) is 4.84. The van der Waals surface area contributed by atoms with Gasteiger partial charge in [0.15, 0.2) is 5.76 Å². The summed E-state index contributed by atoms with van der Waals surface area (Å²) in [6.45, 7) is 3.72. The number of furan rings is 1. The second-order valence-corrected chi connectivity index (χ2v) is 4.84. The molecule has 1 heterocycles. The Morgan fingerprint density at radius 1 is 1.24 bits per heavy atom. The van der Waals surface area contributed by atoms with Gasteiger partial charge in [-0.25, -0.2) is 0 Å². The maximum Gasteiger partial charge on any atom is 0.291 e. The molecule has 0 radical (unpaired) electrons. The molecule has 0 unspecified atom stereocenters. The van der Waals surface area contributed by atoms with Crippen LogP contribution in [-0.2, 0) is 4.79 Å². The van der Waals surface area contributed by atoms with Gasteiger partial charge in [0.2, 0.25) is 0 Å². The summed E-state index contributed by atoms with van der Waals surface area (Å²) in [5, 5.41) is 15.7. The minimum atomic E-state index is -0.591. The third-order valence-corrected chi connectivity index (χ3v) is 3.06. The molecule has 8 heteroatoms. The molecule has 2 aromatic rings. The fourth-order valence-electron chi connectivity index (χ4n) is 1.87. The molecular weight excluding hydrogens is 326 g/mol. The van der Waals surface area contributed by atoms with E-state index < -0.39 is 16.7 Å². The minimum absolute atomic E-state index is 0.0305. The Morgan fingerprint density at radius 3 is 2.52 bits per heavy atom. The highest BCUT2D eigenvalue weighted by atomic mass is 16.6. The number of benzene rings is 1. The van der Waals surface area contributed by atoms with Crippen molar-refractivity contribution in [2.75, 3.05) is 6.54 Å². The van der Waals surface area contributed by atoms with Gasteiger partial charge in [-0.3, -0.25) is 19.7 Å². The van der Waals surface area contributed by atoms with Crippen LogP contribution >= 0.6 is 0 Å². The van der Waals surface area contributed by atoms with Crippen molar-refractivity contribution in [1.29, 1.82) is 0 Å². The second kappa shape index (κ2) is 8.25. The molecule has 0 saturated carbocycles. The van der Waals surface area contributed by atoms with E-state index in [1.54, 1.807) is 6.07 Å². The van der Waals surface area contributed by atoms with Gasteiger partial charge in [-0.1, -0.05) is 6.08 Å². The maximum atomic E-state index is 12.2. The van der Waals surface area contributed by atoms with Crippen molar-refractivity contribution in [3.05, 3.63) is 82.5 Å². The van der Waals surface area contributed by atoms with Crippen molar-refractivity contribution >= 4 is 23.6 Å². The minimum Gasteiger partial charge on any atom is -0.459 e. The molecule has 0 fully saturated rings. The molecule has 25 heavy (non-hydrogen) atoms. The summed E-state index contributed by atoms with van der Waals surface area (Å²) in [7, 11) is 0. The number of hydrogen-bond donors (Lipinski definition) is 2. The Morgan fingerprint density at radius 2 is 1.96 bits per heavy atom. The van der Waals surface area contributed by atoms with Crippen LogP contribution in [0.15, 0.2) is 65.4 Å². The summed E-state index contributed by atoms with van der Waals surface area (Å²) in [5.74, 6) is -1.07. The van der Waals surface area contributed by atoms with Crippen molar-refractivity contribution < 1.29 is 18.9 Å². The van der Waals surface area contributed by atoms with Crippen LogP contribution in [0.5, 0.6) is 0 Å². The van der Waals surface area contributed by atoms with Crippen LogP contribution in [0.2, 0.25) is 0 Å². The Kier molecular flexibility index (Phi) is 5.83. The van der Waals surface area contributed by atoms with Crippen molar-refractivity contribution in [2.45, 2.75) is 0 Å². The first kappa shape index (κ1) is 17.7. The highest BCUT2D eigenvalue weighted by Gasteiger charge is 2.16. The largest absolute Gasteiger partial charge is 0.459 e. The SMILES string of the molecule is C=CCNC(=O)C(=Cc1ccc([N+](=O)[O-])cc1)NC(=O)c1ccco1. The zero-order valence-electron chi connectivity index (χ0n) is 13.1. The summed E-state index contributed by atoms with van der Waals surface area (Å²) >= 11 is 0. The summed E-state index contributed by atoms with van der Waals surface area (Å²) in [6, 6.07) is 8.56. The third kappa shape index (κ3) is 4.90. The molecular formula is C17H15N3O5. The van der Waals surface area contributed by atoms with E-state index in [1.807, 2.05) is 0 Å². The highest BCUT2D eigenvalue weighted by Crippen LogP contribution is 2.14. The Hall–Kier alpha value is -3.68. The van der Waals surface area contributed by atoms with Crippen LogP contribution in [0.25, 0.3) is 6.08 Å². The standard InChI is InChI=1S/C17H15N3O5/c1-2-9-18-16(21)14(19-17(22)15-4-3-10-25-15)11-12-5-7-13(8-6-12)20(23)24/h2-8,10-11H,1,9H2,(H,18,21)(H,19,22). The summed E-state index contributed by atoms with van der Waals surface area (Å²) in [4.78, 5) is 34.5. The highest BCUT2D eigenvalue weighted by molar-refractivity contribution is 6.04. The van der Waals surface area contributed by atoms with E-state index in [0.717, 1.165) is 0 Å². The number of amides is 2. The van der Waals surface area contributed by atoms with Crippen LogP contribution in [0, 0.1) is 10.1 Å². The predicted octanol–water partition coefficient (Wildman–Crippen LogP) is 2.26. The van der Waals surface area contributed by atoms with E-state index in [0.29, 0.717) is 5.56 Å². The normalized spacial score (nSPS) is 10.8. The fourth-order valence-corrected chi connectivity index (χ4v) is 1.87. The number of nitro benzene ring substituents is 1. The van der Waals surface area contributed by atoms with E-state index in [4.69, 9.17) is 4.42 Å². The summed E-state index contributed by atoms with van der Waals surface area (Å²) in [5.41, 5.74) is 0.403. The average Bonchev–Trinajstić information content (AvgIpc) is 3.14. The molecule has 0 aliphatic rings. The molecule has 0 bridgehead atoms. The van der Waals surface area contributed by atoms with E-state index >= 15 is 0 Å². The van der Waals surface area contributed by atoms with Gasteiger partial charge < -0.3 is 15.1 Å². The van der Waals surface area contributed by atoms with Crippen molar-refractivity contribution in [3.8, 4) is 0 Å². The molecule has 0 atom stereocenters. The van der Waals surface area contributed by atoms with Gasteiger partial charge in [0.25, 0.3) is 17.5 Å². The number of nitrogens with zero attached hydrogens (tertiary/aromatic N) is 1. The Labute approximate surface area is 143 Å². The molecule has 0 saturated heterocycles. The van der Waals surface area contributed by atoms with Crippen LogP contribution in [0.3, 0.4) is 0 Å². The lowest BCUT2D eigenvalue weighted by Gasteiger charge is -2.09. The molecule has 0 spiro atoms. The van der Waals surface area contributed by atoms with E-state index in [2.05, 4.69) is 17.2 Å². The van der Waals surface area contributed by atoms with Crippen molar-refractivity contribution in [2.24, 2.45) is 0 Å². The van der Waals surface area contributed by atoms with Crippen molar-refractivity contribution in [1.82, 2.24) is 10.6 Å². The molecule has 1 aromatic carbocycles. The van der Waals surface area contributed by atoms with Gasteiger partial charge >= 0.3 is 0 Å². The topological polar surface area (TPSA) is 114 Å². The predicted molar refractivity (Wildman–Crippen MR) is 90.5 cm³/mol. The smallest absolute Gasteiger partial charge is 0.291 e.